The van der Waals surface area contributed by atoms with Crippen molar-refractivity contribution in [1.29, 1.82) is 0 Å². The van der Waals surface area contributed by atoms with Crippen molar-refractivity contribution in [2.45, 2.75) is 25.4 Å². The van der Waals surface area contributed by atoms with Crippen LogP contribution in [-0.2, 0) is 6.54 Å². The van der Waals surface area contributed by atoms with Gasteiger partial charge in [0.25, 0.3) is 0 Å². The number of likely N-dealkylation sites (tertiary alicyclic amines) is 1. The maximum Gasteiger partial charge on any atom is 0.118 e. The van der Waals surface area contributed by atoms with Crippen LogP contribution in [0.3, 0.4) is 0 Å². The monoisotopic (exact) mass is 333 g/mol. The topological polar surface area (TPSA) is 30.3 Å². The predicted octanol–water partition coefficient (Wildman–Crippen LogP) is 4.22. The molecule has 1 unspecified atom stereocenters. The third kappa shape index (κ3) is 3.44. The number of benzene rings is 2. The lowest BCUT2D eigenvalue weighted by Crippen LogP contribution is -2.22. The van der Waals surface area contributed by atoms with Crippen LogP contribution in [0.2, 0.25) is 0 Å². The van der Waals surface area contributed by atoms with Crippen molar-refractivity contribution in [3.8, 4) is 11.4 Å². The van der Waals surface area contributed by atoms with Crippen LogP contribution in [0.25, 0.3) is 5.69 Å². The number of nitrogens with zero attached hydrogens (tertiary/aromatic N) is 3. The zero-order valence-electron chi connectivity index (χ0n) is 14.5. The van der Waals surface area contributed by atoms with E-state index >= 15 is 0 Å². The van der Waals surface area contributed by atoms with Crippen molar-refractivity contribution in [2.24, 2.45) is 0 Å². The molecule has 1 aliphatic heterocycles. The van der Waals surface area contributed by atoms with E-state index in [0.717, 1.165) is 24.5 Å². The van der Waals surface area contributed by atoms with Crippen molar-refractivity contribution in [3.63, 3.8) is 0 Å². The van der Waals surface area contributed by atoms with Crippen LogP contribution in [0.4, 0.5) is 0 Å². The molecule has 1 aliphatic rings. The number of ether oxygens (including phenoxy) is 1. The van der Waals surface area contributed by atoms with Crippen LogP contribution in [0.15, 0.2) is 67.0 Å². The Labute approximate surface area is 148 Å². The number of rotatable bonds is 5. The minimum absolute atomic E-state index is 0.478. The van der Waals surface area contributed by atoms with Gasteiger partial charge in [0.05, 0.1) is 19.0 Å². The van der Waals surface area contributed by atoms with Gasteiger partial charge in [-0.2, -0.15) is 5.10 Å². The lowest BCUT2D eigenvalue weighted by molar-refractivity contribution is 0.248. The Kier molecular flexibility index (Phi) is 4.53. The van der Waals surface area contributed by atoms with Gasteiger partial charge < -0.3 is 4.74 Å². The summed E-state index contributed by atoms with van der Waals surface area (Å²) >= 11 is 0. The highest BCUT2D eigenvalue weighted by Gasteiger charge is 2.26. The van der Waals surface area contributed by atoms with Gasteiger partial charge in [0.1, 0.15) is 5.75 Å². The highest BCUT2D eigenvalue weighted by atomic mass is 16.5. The van der Waals surface area contributed by atoms with Gasteiger partial charge in [0, 0.05) is 24.3 Å². The molecule has 0 spiro atoms. The van der Waals surface area contributed by atoms with Gasteiger partial charge in [-0.05, 0) is 49.2 Å². The fourth-order valence-corrected chi connectivity index (χ4v) is 3.62. The minimum atomic E-state index is 0.478. The van der Waals surface area contributed by atoms with Gasteiger partial charge >= 0.3 is 0 Å². The van der Waals surface area contributed by atoms with Crippen LogP contribution in [0.5, 0.6) is 5.75 Å². The SMILES string of the molecule is COc1ccc(C2CCCN2Cc2cnn(-c3ccccc3)c2)cc1. The molecule has 2 aromatic carbocycles. The first-order valence-electron chi connectivity index (χ1n) is 8.80. The smallest absolute Gasteiger partial charge is 0.118 e. The molecule has 3 aromatic rings. The molecular weight excluding hydrogens is 310 g/mol. The first kappa shape index (κ1) is 15.9. The van der Waals surface area contributed by atoms with Gasteiger partial charge in [-0.25, -0.2) is 4.68 Å². The molecule has 1 fully saturated rings. The second-order valence-corrected chi connectivity index (χ2v) is 6.53. The summed E-state index contributed by atoms with van der Waals surface area (Å²) in [5, 5.41) is 4.52. The molecule has 1 saturated heterocycles. The average molecular weight is 333 g/mol. The van der Waals surface area contributed by atoms with E-state index in [1.807, 2.05) is 29.1 Å². The fourth-order valence-electron chi connectivity index (χ4n) is 3.62. The van der Waals surface area contributed by atoms with Crippen molar-refractivity contribution >= 4 is 0 Å². The lowest BCUT2D eigenvalue weighted by atomic mass is 10.0. The van der Waals surface area contributed by atoms with E-state index in [9.17, 15) is 0 Å². The van der Waals surface area contributed by atoms with Gasteiger partial charge in [-0.3, -0.25) is 4.90 Å². The van der Waals surface area contributed by atoms with E-state index in [0.29, 0.717) is 6.04 Å². The normalized spacial score (nSPS) is 17.7. The van der Waals surface area contributed by atoms with Gasteiger partial charge in [-0.1, -0.05) is 30.3 Å². The molecular formula is C21H23N3O. The van der Waals surface area contributed by atoms with Gasteiger partial charge in [0.15, 0.2) is 0 Å². The fraction of sp³-hybridized carbons (Fsp3) is 0.286. The lowest BCUT2D eigenvalue weighted by Gasteiger charge is -2.24. The largest absolute Gasteiger partial charge is 0.497 e. The second kappa shape index (κ2) is 7.11. The molecule has 0 aliphatic carbocycles. The Balaban J connectivity index is 1.49. The minimum Gasteiger partial charge on any atom is -0.497 e. The molecule has 1 atom stereocenters. The molecule has 0 N–H and O–H groups in total. The van der Waals surface area contributed by atoms with E-state index in [4.69, 9.17) is 4.74 Å². The molecule has 1 aromatic heterocycles. The highest BCUT2D eigenvalue weighted by Crippen LogP contribution is 2.33. The van der Waals surface area contributed by atoms with Crippen molar-refractivity contribution in [3.05, 3.63) is 78.1 Å². The summed E-state index contributed by atoms with van der Waals surface area (Å²) in [4.78, 5) is 2.55. The molecule has 4 nitrogen and oxygen atoms in total. The maximum atomic E-state index is 5.27. The summed E-state index contributed by atoms with van der Waals surface area (Å²) in [6.07, 6.45) is 6.57. The predicted molar refractivity (Wildman–Crippen MR) is 98.9 cm³/mol. The zero-order valence-corrected chi connectivity index (χ0v) is 14.5. The molecule has 25 heavy (non-hydrogen) atoms. The van der Waals surface area contributed by atoms with Crippen LogP contribution in [-0.4, -0.2) is 28.3 Å². The van der Waals surface area contributed by atoms with Crippen molar-refractivity contribution < 1.29 is 4.74 Å². The first-order chi connectivity index (χ1) is 12.3. The Bertz CT molecular complexity index is 811. The van der Waals surface area contributed by atoms with E-state index in [-0.39, 0.29) is 0 Å². The molecule has 0 saturated carbocycles. The number of hydrogen-bond acceptors (Lipinski definition) is 3. The maximum absolute atomic E-state index is 5.27. The third-order valence-corrected chi connectivity index (χ3v) is 4.91. The summed E-state index contributed by atoms with van der Waals surface area (Å²) in [5.74, 6) is 0.914. The Hall–Kier alpha value is -2.59. The molecule has 0 bridgehead atoms. The quantitative estimate of drug-likeness (QED) is 0.700. The first-order valence-corrected chi connectivity index (χ1v) is 8.80. The van der Waals surface area contributed by atoms with E-state index in [1.54, 1.807) is 7.11 Å². The van der Waals surface area contributed by atoms with Gasteiger partial charge in [0.2, 0.25) is 0 Å². The van der Waals surface area contributed by atoms with E-state index in [1.165, 1.54) is 24.0 Å². The van der Waals surface area contributed by atoms with Crippen LogP contribution >= 0.6 is 0 Å². The van der Waals surface area contributed by atoms with Crippen molar-refractivity contribution in [1.82, 2.24) is 14.7 Å². The van der Waals surface area contributed by atoms with Gasteiger partial charge in [-0.15, -0.1) is 0 Å². The number of aromatic nitrogens is 2. The Morgan fingerprint density at radius 3 is 2.64 bits per heavy atom. The van der Waals surface area contributed by atoms with Crippen LogP contribution in [0.1, 0.15) is 30.0 Å². The number of para-hydroxylation sites is 1. The average Bonchev–Trinajstić information content (AvgIpc) is 3.33. The molecule has 128 valence electrons. The van der Waals surface area contributed by atoms with Crippen molar-refractivity contribution in [2.75, 3.05) is 13.7 Å². The summed E-state index contributed by atoms with van der Waals surface area (Å²) in [6, 6.07) is 19.2. The molecule has 0 amide bonds. The Morgan fingerprint density at radius 1 is 1.08 bits per heavy atom. The van der Waals surface area contributed by atoms with Crippen LogP contribution in [0, 0.1) is 0 Å². The second-order valence-electron chi connectivity index (χ2n) is 6.53. The summed E-state index contributed by atoms with van der Waals surface area (Å²) < 4.78 is 7.23. The summed E-state index contributed by atoms with van der Waals surface area (Å²) in [7, 11) is 1.71. The summed E-state index contributed by atoms with van der Waals surface area (Å²) in [6.45, 7) is 2.07. The van der Waals surface area contributed by atoms with Crippen LogP contribution < -0.4 is 4.74 Å². The number of hydrogen-bond donors (Lipinski definition) is 0. The Morgan fingerprint density at radius 2 is 1.88 bits per heavy atom. The molecule has 2 heterocycles. The molecule has 4 heteroatoms. The standard InChI is InChI=1S/C21H23N3O/c1-25-20-11-9-18(10-12-20)21-8-5-13-23(21)15-17-14-22-24(16-17)19-6-3-2-4-7-19/h2-4,6-7,9-12,14,16,21H,5,8,13,15H2,1H3. The number of methoxy groups -OCH3 is 1. The van der Waals surface area contributed by atoms with E-state index < -0.39 is 0 Å². The van der Waals surface area contributed by atoms with E-state index in [2.05, 4.69) is 52.6 Å². The summed E-state index contributed by atoms with van der Waals surface area (Å²) in [5.41, 5.74) is 3.72. The molecule has 0 radical (unpaired) electrons. The zero-order chi connectivity index (χ0) is 17.1. The third-order valence-electron chi connectivity index (χ3n) is 4.91. The highest BCUT2D eigenvalue weighted by molar-refractivity contribution is 5.32. The molecule has 4 rings (SSSR count).